The predicted octanol–water partition coefficient (Wildman–Crippen LogP) is 3.42. The Bertz CT molecular complexity index is 1050. The van der Waals surface area contributed by atoms with Crippen LogP contribution in [-0.4, -0.2) is 0 Å². The summed E-state index contributed by atoms with van der Waals surface area (Å²) in [5.74, 6) is 0. The molecule has 1 heterocycles. The van der Waals surface area contributed by atoms with Crippen LogP contribution in [0, 0.1) is 0 Å². The van der Waals surface area contributed by atoms with Crippen molar-refractivity contribution in [1.82, 2.24) is 0 Å². The summed E-state index contributed by atoms with van der Waals surface area (Å²) >= 11 is 0. The van der Waals surface area contributed by atoms with Crippen molar-refractivity contribution in [2.45, 2.75) is 13.5 Å². The van der Waals surface area contributed by atoms with E-state index in [0.717, 1.165) is 17.9 Å². The van der Waals surface area contributed by atoms with Crippen molar-refractivity contribution < 1.29 is 10.3 Å². The maximum Gasteiger partial charge on any atom is 0.220 e. The molecule has 1 aromatic heterocycles. The first-order valence-electron chi connectivity index (χ1n) is 8.25. The van der Waals surface area contributed by atoms with E-state index in [0.29, 0.717) is 0 Å². The number of pyridine rings is 1. The van der Waals surface area contributed by atoms with Gasteiger partial charge in [0.15, 0.2) is 0 Å². The lowest BCUT2D eigenvalue weighted by atomic mass is 9.98. The number of anilines is 1. The molecule has 0 radical (unpaired) electrons. The number of nitrogens with zero attached hydrogens (tertiary/aromatic N) is 1. The summed E-state index contributed by atoms with van der Waals surface area (Å²) in [7, 11) is 0. The van der Waals surface area contributed by atoms with Crippen LogP contribution in [0.25, 0.3) is 32.9 Å². The standard InChI is InChI=1S/C21H19N3/c1-2-24-20-13-16(23)9-11-18(20)17-10-8-15(22)12-19(17)21(24)14-6-4-3-5-7-14/h3-13,23H,2,22H2,1H3/p+2. The van der Waals surface area contributed by atoms with Gasteiger partial charge in [0, 0.05) is 22.7 Å². The third kappa shape index (κ3) is 2.22. The highest BCUT2D eigenvalue weighted by molar-refractivity contribution is 6.10. The van der Waals surface area contributed by atoms with Crippen molar-refractivity contribution in [3.63, 3.8) is 0 Å². The molecule has 0 unspecified atom stereocenters. The van der Waals surface area contributed by atoms with Crippen molar-refractivity contribution in [1.29, 1.82) is 0 Å². The van der Waals surface area contributed by atoms with E-state index in [4.69, 9.17) is 5.73 Å². The number of rotatable bonds is 2. The third-order valence-electron chi connectivity index (χ3n) is 4.58. The van der Waals surface area contributed by atoms with Crippen molar-refractivity contribution in [2.75, 3.05) is 5.73 Å². The summed E-state index contributed by atoms with van der Waals surface area (Å²) in [5, 5.41) is 3.65. The Morgan fingerprint density at radius 1 is 0.875 bits per heavy atom. The zero-order valence-corrected chi connectivity index (χ0v) is 13.8. The molecular weight excluding hydrogens is 294 g/mol. The summed E-state index contributed by atoms with van der Waals surface area (Å²) in [5.41, 5.74) is 15.7. The van der Waals surface area contributed by atoms with Gasteiger partial charge in [0.25, 0.3) is 0 Å². The molecule has 4 rings (SSSR count). The molecule has 0 spiro atoms. The fourth-order valence-electron chi connectivity index (χ4n) is 3.52. The lowest BCUT2D eigenvalue weighted by molar-refractivity contribution is -0.655. The average Bonchev–Trinajstić information content (AvgIpc) is 2.61. The van der Waals surface area contributed by atoms with Crippen molar-refractivity contribution in [3.05, 3.63) is 66.7 Å². The van der Waals surface area contributed by atoms with Gasteiger partial charge in [0.1, 0.15) is 12.2 Å². The molecule has 24 heavy (non-hydrogen) atoms. The number of fused-ring (bicyclic) bond motifs is 3. The van der Waals surface area contributed by atoms with Crippen LogP contribution in [-0.2, 0) is 6.54 Å². The zero-order chi connectivity index (χ0) is 16.7. The minimum Gasteiger partial charge on any atom is -0.399 e. The summed E-state index contributed by atoms with van der Waals surface area (Å²) < 4.78 is 2.36. The van der Waals surface area contributed by atoms with E-state index in [1.54, 1.807) is 0 Å². The highest BCUT2D eigenvalue weighted by Gasteiger charge is 2.22. The molecule has 0 saturated carbocycles. The summed E-state index contributed by atoms with van der Waals surface area (Å²) in [6, 6.07) is 23.1. The van der Waals surface area contributed by atoms with Gasteiger partial charge in [0.2, 0.25) is 11.2 Å². The number of hydrogen-bond acceptors (Lipinski definition) is 1. The maximum atomic E-state index is 6.11. The molecule has 118 valence electrons. The van der Waals surface area contributed by atoms with Gasteiger partial charge in [-0.05, 0) is 37.3 Å². The van der Waals surface area contributed by atoms with E-state index >= 15 is 0 Å². The molecule has 3 aromatic carbocycles. The first-order chi connectivity index (χ1) is 11.7. The SMILES string of the molecule is CC[n+]1c(-c2ccccc2)c2cc(N)ccc2c2ccc([NH3+])cc21. The van der Waals surface area contributed by atoms with E-state index in [2.05, 4.69) is 71.8 Å². The topological polar surface area (TPSA) is 57.5 Å². The summed E-state index contributed by atoms with van der Waals surface area (Å²) in [4.78, 5) is 0. The largest absolute Gasteiger partial charge is 0.399 e. The first-order valence-corrected chi connectivity index (χ1v) is 8.25. The summed E-state index contributed by atoms with van der Waals surface area (Å²) in [6.45, 7) is 3.06. The number of hydrogen-bond donors (Lipinski definition) is 2. The molecule has 0 amide bonds. The van der Waals surface area contributed by atoms with E-state index < -0.39 is 0 Å². The van der Waals surface area contributed by atoms with Gasteiger partial charge in [-0.2, -0.15) is 4.57 Å². The first kappa shape index (κ1) is 14.7. The normalized spacial score (nSPS) is 11.2. The number of aromatic nitrogens is 1. The quantitative estimate of drug-likeness (QED) is 0.332. The molecule has 0 aliphatic heterocycles. The number of quaternary nitrogens is 1. The fourth-order valence-corrected chi connectivity index (χ4v) is 3.52. The van der Waals surface area contributed by atoms with Gasteiger partial charge in [0.05, 0.1) is 16.8 Å². The average molecular weight is 315 g/mol. The predicted molar refractivity (Wildman–Crippen MR) is 99.7 cm³/mol. The Kier molecular flexibility index (Phi) is 3.44. The Morgan fingerprint density at radius 3 is 2.38 bits per heavy atom. The molecule has 0 bridgehead atoms. The smallest absolute Gasteiger partial charge is 0.220 e. The van der Waals surface area contributed by atoms with Gasteiger partial charge in [-0.1, -0.05) is 24.3 Å². The minimum absolute atomic E-state index is 0.787. The van der Waals surface area contributed by atoms with Gasteiger partial charge in [-0.25, -0.2) is 0 Å². The Balaban J connectivity index is 2.27. The number of nitrogens with two attached hydrogens (primary N) is 1. The Hall–Kier alpha value is -2.91. The van der Waals surface area contributed by atoms with Crippen LogP contribution in [0.1, 0.15) is 6.92 Å². The molecule has 5 N–H and O–H groups in total. The van der Waals surface area contributed by atoms with E-state index in [9.17, 15) is 0 Å². The molecule has 4 aromatic rings. The van der Waals surface area contributed by atoms with Crippen LogP contribution in [0.4, 0.5) is 11.4 Å². The number of benzene rings is 3. The molecule has 0 atom stereocenters. The van der Waals surface area contributed by atoms with Crippen molar-refractivity contribution >= 4 is 33.1 Å². The lowest BCUT2D eigenvalue weighted by Crippen LogP contribution is -2.41. The number of aryl methyl sites for hydroxylation is 1. The van der Waals surface area contributed by atoms with E-state index in [-0.39, 0.29) is 0 Å². The number of nitrogen functional groups attached to an aromatic ring is 1. The van der Waals surface area contributed by atoms with Gasteiger partial charge >= 0.3 is 0 Å². The van der Waals surface area contributed by atoms with E-state index in [1.807, 2.05) is 12.1 Å². The maximum absolute atomic E-state index is 6.11. The van der Waals surface area contributed by atoms with Gasteiger partial charge in [-0.3, -0.25) is 0 Å². The molecule has 0 aliphatic carbocycles. The third-order valence-corrected chi connectivity index (χ3v) is 4.58. The summed E-state index contributed by atoms with van der Waals surface area (Å²) in [6.07, 6.45) is 0. The second-order valence-electron chi connectivity index (χ2n) is 6.12. The molecule has 0 aliphatic rings. The minimum atomic E-state index is 0.787. The lowest BCUT2D eigenvalue weighted by Gasteiger charge is -2.11. The van der Waals surface area contributed by atoms with Crippen LogP contribution >= 0.6 is 0 Å². The molecule has 0 saturated heterocycles. The molecule has 0 fully saturated rings. The Morgan fingerprint density at radius 2 is 1.62 bits per heavy atom. The molecule has 3 heteroatoms. The van der Waals surface area contributed by atoms with Gasteiger partial charge < -0.3 is 11.5 Å². The highest BCUT2D eigenvalue weighted by Crippen LogP contribution is 2.33. The molecular formula is C21H21N3+2. The van der Waals surface area contributed by atoms with Crippen LogP contribution in [0.3, 0.4) is 0 Å². The van der Waals surface area contributed by atoms with E-state index in [1.165, 1.54) is 32.9 Å². The Labute approximate surface area is 141 Å². The zero-order valence-electron chi connectivity index (χ0n) is 13.8. The van der Waals surface area contributed by atoms with Crippen molar-refractivity contribution in [3.8, 4) is 11.3 Å². The van der Waals surface area contributed by atoms with Crippen molar-refractivity contribution in [2.24, 2.45) is 0 Å². The van der Waals surface area contributed by atoms with Crippen LogP contribution in [0.5, 0.6) is 0 Å². The second-order valence-corrected chi connectivity index (χ2v) is 6.12. The highest BCUT2D eigenvalue weighted by atomic mass is 15.0. The monoisotopic (exact) mass is 315 g/mol. The van der Waals surface area contributed by atoms with Crippen LogP contribution < -0.4 is 16.0 Å². The molecule has 3 nitrogen and oxygen atoms in total. The van der Waals surface area contributed by atoms with Crippen LogP contribution in [0.15, 0.2) is 66.7 Å². The van der Waals surface area contributed by atoms with Crippen LogP contribution in [0.2, 0.25) is 0 Å². The fraction of sp³-hybridized carbons (Fsp3) is 0.0952. The van der Waals surface area contributed by atoms with Gasteiger partial charge in [-0.15, -0.1) is 0 Å². The second kappa shape index (κ2) is 5.62.